The van der Waals surface area contributed by atoms with Crippen LogP contribution in [-0.4, -0.2) is 5.25 Å². The van der Waals surface area contributed by atoms with Crippen molar-refractivity contribution in [2.45, 2.75) is 24.5 Å². The molecule has 1 aliphatic rings. The van der Waals surface area contributed by atoms with Crippen LogP contribution in [-0.2, 0) is 5.41 Å². The number of halogens is 1. The third kappa shape index (κ3) is 1.94. The number of hydrogen-bond donors (Lipinski definition) is 1. The number of rotatable bonds is 1. The molecule has 0 spiro atoms. The summed E-state index contributed by atoms with van der Waals surface area (Å²) >= 11 is 10.9. The molecule has 0 saturated carbocycles. The van der Waals surface area contributed by atoms with Gasteiger partial charge in [-0.05, 0) is 18.6 Å². The summed E-state index contributed by atoms with van der Waals surface area (Å²) in [5.41, 5.74) is 2.27. The summed E-state index contributed by atoms with van der Waals surface area (Å²) in [5, 5.41) is 0.972. The molecule has 0 N–H and O–H groups in total. The molecule has 0 aromatic heterocycles. The fourth-order valence-electron chi connectivity index (χ4n) is 2.18. The largest absolute Gasteiger partial charge is 0.170 e. The SMILES string of the molecule is CC1=CC(C)(c2ccccc2Cl)C(S)C=C1. The molecule has 0 aliphatic heterocycles. The van der Waals surface area contributed by atoms with Gasteiger partial charge in [0.2, 0.25) is 0 Å². The van der Waals surface area contributed by atoms with Crippen LogP contribution >= 0.6 is 24.2 Å². The summed E-state index contributed by atoms with van der Waals surface area (Å²) < 4.78 is 0. The molecule has 1 aromatic carbocycles. The molecule has 0 fully saturated rings. The fraction of sp³-hybridized carbons (Fsp3) is 0.286. The molecule has 0 amide bonds. The van der Waals surface area contributed by atoms with Crippen molar-refractivity contribution in [3.8, 4) is 0 Å². The second-order valence-electron chi connectivity index (χ2n) is 4.45. The average molecular weight is 251 g/mol. The predicted molar refractivity (Wildman–Crippen MR) is 74.5 cm³/mol. The van der Waals surface area contributed by atoms with Crippen LogP contribution in [0.3, 0.4) is 0 Å². The van der Waals surface area contributed by atoms with E-state index in [0.717, 1.165) is 10.6 Å². The maximum atomic E-state index is 6.27. The zero-order valence-electron chi connectivity index (χ0n) is 9.44. The summed E-state index contributed by atoms with van der Waals surface area (Å²) in [6.45, 7) is 4.28. The highest BCUT2D eigenvalue weighted by atomic mass is 35.5. The Bertz CT molecular complexity index is 462. The molecule has 2 rings (SSSR count). The molecule has 1 aliphatic carbocycles. The standard InChI is InChI=1S/C14H15ClS/c1-10-7-8-13(16)14(2,9-10)11-5-3-4-6-12(11)15/h3-9,13,16H,1-2H3. The maximum Gasteiger partial charge on any atom is 0.0447 e. The molecule has 1 aromatic rings. The van der Waals surface area contributed by atoms with Crippen molar-refractivity contribution in [2.75, 3.05) is 0 Å². The van der Waals surface area contributed by atoms with Crippen LogP contribution < -0.4 is 0 Å². The van der Waals surface area contributed by atoms with E-state index in [1.54, 1.807) is 0 Å². The Balaban J connectivity index is 2.54. The van der Waals surface area contributed by atoms with Gasteiger partial charge in [0.15, 0.2) is 0 Å². The Kier molecular flexibility index (Phi) is 3.18. The van der Waals surface area contributed by atoms with Crippen LogP contribution in [0.25, 0.3) is 0 Å². The first-order chi connectivity index (χ1) is 7.54. The van der Waals surface area contributed by atoms with Crippen LogP contribution in [0.4, 0.5) is 0 Å². The maximum absolute atomic E-state index is 6.27. The molecule has 16 heavy (non-hydrogen) atoms. The highest BCUT2D eigenvalue weighted by Gasteiger charge is 2.33. The molecular formula is C14H15ClS. The minimum atomic E-state index is -0.125. The Morgan fingerprint density at radius 2 is 2.00 bits per heavy atom. The first-order valence-corrected chi connectivity index (χ1v) is 6.24. The highest BCUT2D eigenvalue weighted by Crippen LogP contribution is 2.40. The minimum Gasteiger partial charge on any atom is -0.170 e. The summed E-state index contributed by atoms with van der Waals surface area (Å²) in [4.78, 5) is 0. The van der Waals surface area contributed by atoms with Crippen molar-refractivity contribution in [3.05, 3.63) is 58.7 Å². The van der Waals surface area contributed by atoms with E-state index in [2.05, 4.69) is 50.8 Å². The number of thiol groups is 1. The van der Waals surface area contributed by atoms with Crippen LogP contribution in [0.1, 0.15) is 19.4 Å². The second-order valence-corrected chi connectivity index (χ2v) is 5.42. The van der Waals surface area contributed by atoms with Gasteiger partial charge in [0.1, 0.15) is 0 Å². The quantitative estimate of drug-likeness (QED) is 0.702. The molecule has 0 heterocycles. The Labute approximate surface area is 107 Å². The third-order valence-electron chi connectivity index (χ3n) is 3.14. The van der Waals surface area contributed by atoms with Gasteiger partial charge in [0.25, 0.3) is 0 Å². The summed E-state index contributed by atoms with van der Waals surface area (Å²) in [6.07, 6.45) is 6.48. The Morgan fingerprint density at radius 3 is 2.69 bits per heavy atom. The number of hydrogen-bond acceptors (Lipinski definition) is 1. The molecule has 0 saturated heterocycles. The predicted octanol–water partition coefficient (Wildman–Crippen LogP) is 4.41. The van der Waals surface area contributed by atoms with Crippen molar-refractivity contribution in [2.24, 2.45) is 0 Å². The van der Waals surface area contributed by atoms with Gasteiger partial charge in [-0.2, -0.15) is 12.6 Å². The molecule has 0 bridgehead atoms. The van der Waals surface area contributed by atoms with Crippen molar-refractivity contribution in [3.63, 3.8) is 0 Å². The van der Waals surface area contributed by atoms with Gasteiger partial charge in [-0.3, -0.25) is 0 Å². The van der Waals surface area contributed by atoms with Crippen LogP contribution in [0.15, 0.2) is 48.1 Å². The normalized spacial score (nSPS) is 29.0. The van der Waals surface area contributed by atoms with E-state index in [0.29, 0.717) is 0 Å². The first-order valence-electron chi connectivity index (χ1n) is 5.35. The molecule has 2 unspecified atom stereocenters. The van der Waals surface area contributed by atoms with Gasteiger partial charge in [-0.25, -0.2) is 0 Å². The minimum absolute atomic E-state index is 0.125. The van der Waals surface area contributed by atoms with E-state index < -0.39 is 0 Å². The van der Waals surface area contributed by atoms with Crippen LogP contribution in [0.2, 0.25) is 5.02 Å². The van der Waals surface area contributed by atoms with Crippen molar-refractivity contribution in [1.29, 1.82) is 0 Å². The van der Waals surface area contributed by atoms with E-state index in [1.807, 2.05) is 18.2 Å². The van der Waals surface area contributed by atoms with Crippen molar-refractivity contribution in [1.82, 2.24) is 0 Å². The van der Waals surface area contributed by atoms with Gasteiger partial charge >= 0.3 is 0 Å². The van der Waals surface area contributed by atoms with E-state index in [4.69, 9.17) is 11.6 Å². The van der Waals surface area contributed by atoms with Crippen LogP contribution in [0.5, 0.6) is 0 Å². The topological polar surface area (TPSA) is 0 Å². The monoisotopic (exact) mass is 250 g/mol. The first kappa shape index (κ1) is 11.8. The zero-order chi connectivity index (χ0) is 11.8. The van der Waals surface area contributed by atoms with E-state index in [-0.39, 0.29) is 10.7 Å². The van der Waals surface area contributed by atoms with E-state index in [9.17, 15) is 0 Å². The lowest BCUT2D eigenvalue weighted by Crippen LogP contribution is -2.32. The van der Waals surface area contributed by atoms with Gasteiger partial charge in [0, 0.05) is 15.7 Å². The fourth-order valence-corrected chi connectivity index (χ4v) is 2.82. The molecule has 0 radical (unpaired) electrons. The number of benzene rings is 1. The van der Waals surface area contributed by atoms with Gasteiger partial charge in [-0.1, -0.05) is 60.5 Å². The Hall–Kier alpha value is -0.660. The van der Waals surface area contributed by atoms with Crippen molar-refractivity contribution < 1.29 is 0 Å². The third-order valence-corrected chi connectivity index (χ3v) is 4.18. The van der Waals surface area contributed by atoms with E-state index in [1.165, 1.54) is 5.57 Å². The van der Waals surface area contributed by atoms with Gasteiger partial charge in [0.05, 0.1) is 0 Å². The summed E-state index contributed by atoms with van der Waals surface area (Å²) in [7, 11) is 0. The molecule has 84 valence electrons. The summed E-state index contributed by atoms with van der Waals surface area (Å²) in [6, 6.07) is 7.99. The van der Waals surface area contributed by atoms with Crippen molar-refractivity contribution >= 4 is 24.2 Å². The zero-order valence-corrected chi connectivity index (χ0v) is 11.1. The molecule has 0 nitrogen and oxygen atoms in total. The highest BCUT2D eigenvalue weighted by molar-refractivity contribution is 7.81. The lowest BCUT2D eigenvalue weighted by molar-refractivity contribution is 0.611. The second kappa shape index (κ2) is 4.31. The lowest BCUT2D eigenvalue weighted by atomic mass is 9.75. The summed E-state index contributed by atoms with van der Waals surface area (Å²) in [5.74, 6) is 0. The van der Waals surface area contributed by atoms with Gasteiger partial charge < -0.3 is 0 Å². The average Bonchev–Trinajstić information content (AvgIpc) is 2.24. The lowest BCUT2D eigenvalue weighted by Gasteiger charge is -2.34. The molecular weight excluding hydrogens is 236 g/mol. The molecule has 2 heteroatoms. The van der Waals surface area contributed by atoms with Crippen LogP contribution in [0, 0.1) is 0 Å². The van der Waals surface area contributed by atoms with Gasteiger partial charge in [-0.15, -0.1) is 0 Å². The number of allylic oxidation sites excluding steroid dienone is 3. The Morgan fingerprint density at radius 1 is 1.31 bits per heavy atom. The smallest absolute Gasteiger partial charge is 0.0447 e. The molecule has 2 atom stereocenters. The van der Waals surface area contributed by atoms with E-state index >= 15 is 0 Å².